The molecule has 1 fully saturated rings. The van der Waals surface area contributed by atoms with Gasteiger partial charge >= 0.3 is 0 Å². The number of aliphatic imine (C=N–C) groups is 1. The van der Waals surface area contributed by atoms with Gasteiger partial charge in [-0.2, -0.15) is 0 Å². The van der Waals surface area contributed by atoms with Crippen LogP contribution in [0, 0.1) is 0 Å². The monoisotopic (exact) mass is 410 g/mol. The maximum absolute atomic E-state index is 6.62. The van der Waals surface area contributed by atoms with Gasteiger partial charge in [-0.05, 0) is 41.8 Å². The molecule has 6 nitrogen and oxygen atoms in total. The molecule has 2 aliphatic rings. The lowest BCUT2D eigenvalue weighted by Crippen LogP contribution is -2.52. The SMILES string of the molecule is NC1(c2cccc(-c3cccc(Cl)c3)c2)N=CC=C(NCCCN2CCNC2)N1. The lowest BCUT2D eigenvalue weighted by atomic mass is 9.99. The van der Waals surface area contributed by atoms with Gasteiger partial charge in [-0.15, -0.1) is 0 Å². The molecule has 1 saturated heterocycles. The first-order chi connectivity index (χ1) is 14.1. The van der Waals surface area contributed by atoms with Crippen LogP contribution < -0.4 is 21.7 Å². The molecule has 1 atom stereocenters. The molecule has 2 aromatic carbocycles. The third-order valence-corrected chi connectivity index (χ3v) is 5.45. The van der Waals surface area contributed by atoms with Gasteiger partial charge in [0.25, 0.3) is 0 Å². The molecule has 29 heavy (non-hydrogen) atoms. The van der Waals surface area contributed by atoms with Gasteiger partial charge in [0.2, 0.25) is 5.79 Å². The number of rotatable bonds is 7. The Labute approximate surface area is 176 Å². The number of allylic oxidation sites excluding steroid dienone is 1. The zero-order valence-electron chi connectivity index (χ0n) is 16.4. The molecule has 4 rings (SSSR count). The Kier molecular flexibility index (Phi) is 6.16. The predicted molar refractivity (Wildman–Crippen MR) is 120 cm³/mol. The smallest absolute Gasteiger partial charge is 0.210 e. The Morgan fingerprint density at radius 1 is 1.17 bits per heavy atom. The third-order valence-electron chi connectivity index (χ3n) is 5.21. The van der Waals surface area contributed by atoms with E-state index in [1.54, 1.807) is 6.21 Å². The molecular weight excluding hydrogens is 384 g/mol. The van der Waals surface area contributed by atoms with Crippen LogP contribution in [0.2, 0.25) is 5.02 Å². The van der Waals surface area contributed by atoms with Crippen LogP contribution in [0.5, 0.6) is 0 Å². The van der Waals surface area contributed by atoms with Crippen LogP contribution in [0.25, 0.3) is 11.1 Å². The molecule has 2 heterocycles. The van der Waals surface area contributed by atoms with Crippen molar-refractivity contribution in [1.29, 1.82) is 0 Å². The van der Waals surface area contributed by atoms with Crippen LogP contribution in [0.3, 0.4) is 0 Å². The Morgan fingerprint density at radius 3 is 2.79 bits per heavy atom. The fourth-order valence-electron chi connectivity index (χ4n) is 3.63. The largest absolute Gasteiger partial charge is 0.372 e. The van der Waals surface area contributed by atoms with Gasteiger partial charge < -0.3 is 16.0 Å². The van der Waals surface area contributed by atoms with Crippen molar-refractivity contribution in [3.63, 3.8) is 0 Å². The first-order valence-electron chi connectivity index (χ1n) is 9.98. The van der Waals surface area contributed by atoms with Crippen molar-refractivity contribution >= 4 is 17.8 Å². The Hall–Kier alpha value is -2.38. The summed E-state index contributed by atoms with van der Waals surface area (Å²) in [5.74, 6) is -0.125. The topological polar surface area (TPSA) is 77.7 Å². The van der Waals surface area contributed by atoms with E-state index in [2.05, 4.69) is 31.9 Å². The van der Waals surface area contributed by atoms with Crippen molar-refractivity contribution in [2.45, 2.75) is 12.2 Å². The summed E-state index contributed by atoms with van der Waals surface area (Å²) in [4.78, 5) is 6.93. The van der Waals surface area contributed by atoms with E-state index >= 15 is 0 Å². The molecule has 5 N–H and O–H groups in total. The van der Waals surface area contributed by atoms with Crippen LogP contribution in [0.4, 0.5) is 0 Å². The molecule has 2 aromatic rings. The molecule has 0 bridgehead atoms. The molecule has 0 spiro atoms. The van der Waals surface area contributed by atoms with Gasteiger partial charge in [0.1, 0.15) is 5.82 Å². The molecule has 0 aromatic heterocycles. The van der Waals surface area contributed by atoms with Crippen LogP contribution in [-0.2, 0) is 5.79 Å². The van der Waals surface area contributed by atoms with Gasteiger partial charge in [0, 0.05) is 49.6 Å². The molecule has 7 heteroatoms. The number of halogens is 1. The van der Waals surface area contributed by atoms with Gasteiger partial charge in [-0.1, -0.05) is 41.9 Å². The van der Waals surface area contributed by atoms with Crippen LogP contribution in [-0.4, -0.2) is 44.0 Å². The lowest BCUT2D eigenvalue weighted by molar-refractivity contribution is 0.325. The van der Waals surface area contributed by atoms with Gasteiger partial charge in [0.05, 0.1) is 0 Å². The second-order valence-corrected chi connectivity index (χ2v) is 7.83. The van der Waals surface area contributed by atoms with E-state index in [0.29, 0.717) is 5.02 Å². The minimum absolute atomic E-state index is 0.711. The van der Waals surface area contributed by atoms with Crippen molar-refractivity contribution < 1.29 is 0 Å². The molecular formula is C22H27ClN6. The Bertz CT molecular complexity index is 906. The van der Waals surface area contributed by atoms with Crippen LogP contribution in [0.15, 0.2) is 65.4 Å². The van der Waals surface area contributed by atoms with Crippen molar-refractivity contribution in [2.24, 2.45) is 10.7 Å². The van der Waals surface area contributed by atoms with Crippen molar-refractivity contribution in [3.8, 4) is 11.1 Å². The number of nitrogens with zero attached hydrogens (tertiary/aromatic N) is 2. The molecule has 0 radical (unpaired) electrons. The highest BCUT2D eigenvalue weighted by Gasteiger charge is 2.28. The fraction of sp³-hybridized carbons (Fsp3) is 0.318. The van der Waals surface area contributed by atoms with Crippen molar-refractivity contribution in [2.75, 3.05) is 32.8 Å². The predicted octanol–water partition coefficient (Wildman–Crippen LogP) is 2.43. The normalized spacial score (nSPS) is 21.7. The average Bonchev–Trinajstić information content (AvgIpc) is 3.25. The highest BCUT2D eigenvalue weighted by molar-refractivity contribution is 6.30. The van der Waals surface area contributed by atoms with Crippen LogP contribution in [0.1, 0.15) is 12.0 Å². The molecule has 0 aliphatic carbocycles. The number of benzene rings is 2. The number of nitrogens with two attached hydrogens (primary N) is 1. The number of nitrogens with one attached hydrogen (secondary N) is 3. The second-order valence-electron chi connectivity index (χ2n) is 7.40. The number of hydrogen-bond donors (Lipinski definition) is 4. The Balaban J connectivity index is 1.40. The third kappa shape index (κ3) is 4.97. The maximum atomic E-state index is 6.62. The molecule has 152 valence electrons. The van der Waals surface area contributed by atoms with E-state index in [-0.39, 0.29) is 0 Å². The highest BCUT2D eigenvalue weighted by Crippen LogP contribution is 2.27. The van der Waals surface area contributed by atoms with Crippen molar-refractivity contribution in [3.05, 3.63) is 71.0 Å². The summed E-state index contributed by atoms with van der Waals surface area (Å²) in [6.07, 6.45) is 4.75. The number of hydrogen-bond acceptors (Lipinski definition) is 6. The summed E-state index contributed by atoms with van der Waals surface area (Å²) >= 11 is 6.15. The van der Waals surface area contributed by atoms with Crippen LogP contribution >= 0.6 is 11.6 Å². The fourth-order valence-corrected chi connectivity index (χ4v) is 3.82. The molecule has 0 saturated carbocycles. The average molecular weight is 411 g/mol. The highest BCUT2D eigenvalue weighted by atomic mass is 35.5. The zero-order valence-corrected chi connectivity index (χ0v) is 17.1. The molecule has 1 unspecified atom stereocenters. The van der Waals surface area contributed by atoms with Crippen molar-refractivity contribution in [1.82, 2.24) is 20.9 Å². The first-order valence-corrected chi connectivity index (χ1v) is 10.4. The minimum atomic E-state index is -1.01. The summed E-state index contributed by atoms with van der Waals surface area (Å²) in [5.41, 5.74) is 9.61. The standard InChI is InChI=1S/C22H27ClN6/c23-20-7-2-5-18(15-20)17-4-1-6-19(14-17)22(24)27-10-8-21(28-22)26-9-3-12-29-13-11-25-16-29/h1-2,4-8,10,14-15,25-26,28H,3,9,11-13,16,24H2. The lowest BCUT2D eigenvalue weighted by Gasteiger charge is -2.32. The van der Waals surface area contributed by atoms with Gasteiger partial charge in [-0.25, -0.2) is 4.99 Å². The van der Waals surface area contributed by atoms with Gasteiger partial charge in [-0.3, -0.25) is 10.6 Å². The summed E-state index contributed by atoms with van der Waals surface area (Å²) in [6, 6.07) is 15.9. The van der Waals surface area contributed by atoms with E-state index in [1.807, 2.05) is 48.5 Å². The van der Waals surface area contributed by atoms with E-state index in [9.17, 15) is 0 Å². The van der Waals surface area contributed by atoms with E-state index in [4.69, 9.17) is 17.3 Å². The van der Waals surface area contributed by atoms with E-state index < -0.39 is 5.79 Å². The second kappa shape index (κ2) is 8.97. The first kappa shape index (κ1) is 19.9. The summed E-state index contributed by atoms with van der Waals surface area (Å²) in [5, 5.41) is 10.8. The van der Waals surface area contributed by atoms with Gasteiger partial charge in [0.15, 0.2) is 0 Å². The quantitative estimate of drug-likeness (QED) is 0.527. The molecule has 2 aliphatic heterocycles. The Morgan fingerprint density at radius 2 is 2.00 bits per heavy atom. The van der Waals surface area contributed by atoms with E-state index in [1.165, 1.54) is 0 Å². The maximum Gasteiger partial charge on any atom is 0.210 e. The zero-order chi connectivity index (χ0) is 20.1. The van der Waals surface area contributed by atoms with E-state index in [0.717, 1.165) is 61.8 Å². The molecule has 0 amide bonds. The summed E-state index contributed by atoms with van der Waals surface area (Å²) < 4.78 is 0. The summed E-state index contributed by atoms with van der Waals surface area (Å²) in [6.45, 7) is 5.16. The minimum Gasteiger partial charge on any atom is -0.372 e. The summed E-state index contributed by atoms with van der Waals surface area (Å²) in [7, 11) is 0.